The predicted octanol–water partition coefficient (Wildman–Crippen LogP) is 2.50. The van der Waals surface area contributed by atoms with E-state index in [1.54, 1.807) is 0 Å². The second-order valence-electron chi connectivity index (χ2n) is 4.79. The van der Waals surface area contributed by atoms with Gasteiger partial charge in [0.05, 0.1) is 0 Å². The van der Waals surface area contributed by atoms with Crippen molar-refractivity contribution in [2.24, 2.45) is 5.92 Å². The Kier molecular flexibility index (Phi) is 6.44. The zero-order valence-corrected chi connectivity index (χ0v) is 11.6. The molecular formula is C15H24N2O. The number of carbonyl (C=O) groups excluding carboxylic acids is 1. The summed E-state index contributed by atoms with van der Waals surface area (Å²) in [4.78, 5) is 11.4. The van der Waals surface area contributed by atoms with Crippen LogP contribution in [0.3, 0.4) is 0 Å². The van der Waals surface area contributed by atoms with Crippen molar-refractivity contribution < 1.29 is 4.79 Å². The fraction of sp³-hybridized carbons (Fsp3) is 0.533. The molecule has 1 rings (SSSR count). The van der Waals surface area contributed by atoms with Crippen LogP contribution in [0.4, 0.5) is 0 Å². The van der Waals surface area contributed by atoms with E-state index in [0.717, 1.165) is 0 Å². The maximum Gasteiger partial charge on any atom is 0.221 e. The fourth-order valence-corrected chi connectivity index (χ4v) is 2.03. The van der Waals surface area contributed by atoms with Crippen LogP contribution in [0, 0.1) is 5.92 Å². The molecule has 18 heavy (non-hydrogen) atoms. The van der Waals surface area contributed by atoms with E-state index in [0.29, 0.717) is 31.5 Å². The molecule has 0 heterocycles. The summed E-state index contributed by atoms with van der Waals surface area (Å²) in [6.07, 6.45) is 0.532. The van der Waals surface area contributed by atoms with E-state index in [1.807, 2.05) is 13.0 Å². The summed E-state index contributed by atoms with van der Waals surface area (Å²) in [5.74, 6) is 0.613. The van der Waals surface area contributed by atoms with Gasteiger partial charge in [0.15, 0.2) is 0 Å². The normalized spacial score (nSPS) is 12.4. The standard InChI is InChI=1S/C15H24N2O/c1-4-16-14(18)10-11-17-15(12(2)3)13-8-6-5-7-9-13/h5-9,12,15,17H,4,10-11H2,1-3H3,(H,16,18). The SMILES string of the molecule is CCNC(=O)CCNC(c1ccccc1)C(C)C. The first-order chi connectivity index (χ1) is 8.65. The Morgan fingerprint density at radius 3 is 2.44 bits per heavy atom. The van der Waals surface area contributed by atoms with Crippen LogP contribution in [-0.4, -0.2) is 19.0 Å². The van der Waals surface area contributed by atoms with Gasteiger partial charge in [0.1, 0.15) is 0 Å². The summed E-state index contributed by atoms with van der Waals surface area (Å²) in [7, 11) is 0. The van der Waals surface area contributed by atoms with Crippen molar-refractivity contribution in [1.82, 2.24) is 10.6 Å². The molecule has 0 bridgehead atoms. The molecule has 2 N–H and O–H groups in total. The maximum absolute atomic E-state index is 11.4. The van der Waals surface area contributed by atoms with Gasteiger partial charge in [-0.1, -0.05) is 44.2 Å². The van der Waals surface area contributed by atoms with Crippen molar-refractivity contribution in [3.63, 3.8) is 0 Å². The van der Waals surface area contributed by atoms with E-state index in [9.17, 15) is 4.79 Å². The van der Waals surface area contributed by atoms with Crippen molar-refractivity contribution >= 4 is 5.91 Å². The summed E-state index contributed by atoms with van der Waals surface area (Å²) in [5.41, 5.74) is 1.28. The zero-order chi connectivity index (χ0) is 13.4. The summed E-state index contributed by atoms with van der Waals surface area (Å²) < 4.78 is 0. The third-order valence-corrected chi connectivity index (χ3v) is 2.92. The third kappa shape index (κ3) is 4.88. The van der Waals surface area contributed by atoms with Crippen LogP contribution in [0.5, 0.6) is 0 Å². The van der Waals surface area contributed by atoms with E-state index in [-0.39, 0.29) is 5.91 Å². The highest BCUT2D eigenvalue weighted by molar-refractivity contribution is 5.75. The van der Waals surface area contributed by atoms with E-state index in [4.69, 9.17) is 0 Å². The third-order valence-electron chi connectivity index (χ3n) is 2.92. The molecule has 0 fully saturated rings. The molecule has 3 nitrogen and oxygen atoms in total. The monoisotopic (exact) mass is 248 g/mol. The van der Waals surface area contributed by atoms with Crippen LogP contribution in [0.15, 0.2) is 30.3 Å². The lowest BCUT2D eigenvalue weighted by molar-refractivity contribution is -0.120. The highest BCUT2D eigenvalue weighted by atomic mass is 16.1. The van der Waals surface area contributed by atoms with E-state index >= 15 is 0 Å². The Labute approximate surface area is 110 Å². The minimum atomic E-state index is 0.112. The van der Waals surface area contributed by atoms with Gasteiger partial charge in [-0.05, 0) is 18.4 Å². The fourth-order valence-electron chi connectivity index (χ4n) is 2.03. The van der Waals surface area contributed by atoms with Crippen LogP contribution in [-0.2, 0) is 4.79 Å². The maximum atomic E-state index is 11.4. The highest BCUT2D eigenvalue weighted by Gasteiger charge is 2.14. The largest absolute Gasteiger partial charge is 0.356 e. The second kappa shape index (κ2) is 7.88. The Morgan fingerprint density at radius 2 is 1.89 bits per heavy atom. The van der Waals surface area contributed by atoms with Gasteiger partial charge in [0.2, 0.25) is 5.91 Å². The molecule has 0 aromatic heterocycles. The number of hydrogen-bond donors (Lipinski definition) is 2. The second-order valence-corrected chi connectivity index (χ2v) is 4.79. The number of carbonyl (C=O) groups is 1. The van der Waals surface area contributed by atoms with Crippen LogP contribution in [0.25, 0.3) is 0 Å². The minimum absolute atomic E-state index is 0.112. The van der Waals surface area contributed by atoms with Crippen molar-refractivity contribution in [3.8, 4) is 0 Å². The van der Waals surface area contributed by atoms with Crippen molar-refractivity contribution in [2.45, 2.75) is 33.2 Å². The topological polar surface area (TPSA) is 41.1 Å². The van der Waals surface area contributed by atoms with Crippen molar-refractivity contribution in [1.29, 1.82) is 0 Å². The van der Waals surface area contributed by atoms with Crippen LogP contribution in [0.2, 0.25) is 0 Å². The average molecular weight is 248 g/mol. The van der Waals surface area contributed by atoms with Gasteiger partial charge in [-0.3, -0.25) is 4.79 Å². The molecule has 3 heteroatoms. The smallest absolute Gasteiger partial charge is 0.221 e. The first-order valence-electron chi connectivity index (χ1n) is 6.70. The Hall–Kier alpha value is -1.35. The molecule has 1 aromatic carbocycles. The van der Waals surface area contributed by atoms with Gasteiger partial charge in [-0.25, -0.2) is 0 Å². The molecule has 0 saturated carbocycles. The molecule has 0 saturated heterocycles. The average Bonchev–Trinajstić information content (AvgIpc) is 2.35. The minimum Gasteiger partial charge on any atom is -0.356 e. The number of amides is 1. The summed E-state index contributed by atoms with van der Waals surface area (Å²) >= 11 is 0. The van der Waals surface area contributed by atoms with Crippen LogP contribution in [0.1, 0.15) is 38.8 Å². The van der Waals surface area contributed by atoms with Crippen molar-refractivity contribution in [3.05, 3.63) is 35.9 Å². The molecule has 1 atom stereocenters. The Bertz CT molecular complexity index is 349. The molecule has 0 aliphatic rings. The molecule has 0 radical (unpaired) electrons. The lowest BCUT2D eigenvalue weighted by atomic mass is 9.96. The van der Waals surface area contributed by atoms with E-state index in [2.05, 4.69) is 48.7 Å². The zero-order valence-electron chi connectivity index (χ0n) is 11.6. The van der Waals surface area contributed by atoms with Crippen LogP contribution < -0.4 is 10.6 Å². The Balaban J connectivity index is 2.47. The van der Waals surface area contributed by atoms with Gasteiger partial charge >= 0.3 is 0 Å². The summed E-state index contributed by atoms with van der Waals surface area (Å²) in [5, 5.41) is 6.27. The lowest BCUT2D eigenvalue weighted by Gasteiger charge is -2.22. The van der Waals surface area contributed by atoms with Gasteiger partial charge < -0.3 is 10.6 Å². The molecule has 0 spiro atoms. The molecule has 1 amide bonds. The summed E-state index contributed by atoms with van der Waals surface area (Å²) in [6, 6.07) is 10.7. The number of hydrogen-bond acceptors (Lipinski definition) is 2. The van der Waals surface area contributed by atoms with Gasteiger partial charge in [0, 0.05) is 25.6 Å². The predicted molar refractivity (Wildman–Crippen MR) is 75.3 cm³/mol. The first-order valence-corrected chi connectivity index (χ1v) is 6.70. The number of rotatable bonds is 7. The first kappa shape index (κ1) is 14.7. The molecule has 0 aliphatic carbocycles. The van der Waals surface area contributed by atoms with E-state index in [1.165, 1.54) is 5.56 Å². The lowest BCUT2D eigenvalue weighted by Crippen LogP contribution is -2.31. The number of benzene rings is 1. The van der Waals surface area contributed by atoms with Crippen LogP contribution >= 0.6 is 0 Å². The molecule has 0 aliphatic heterocycles. The van der Waals surface area contributed by atoms with Gasteiger partial charge in [0.25, 0.3) is 0 Å². The van der Waals surface area contributed by atoms with Gasteiger partial charge in [-0.15, -0.1) is 0 Å². The number of nitrogens with one attached hydrogen (secondary N) is 2. The van der Waals surface area contributed by atoms with E-state index < -0.39 is 0 Å². The van der Waals surface area contributed by atoms with Crippen molar-refractivity contribution in [2.75, 3.05) is 13.1 Å². The molecule has 1 aromatic rings. The Morgan fingerprint density at radius 1 is 1.22 bits per heavy atom. The summed E-state index contributed by atoms with van der Waals surface area (Å²) in [6.45, 7) is 7.73. The molecular weight excluding hydrogens is 224 g/mol. The molecule has 100 valence electrons. The highest BCUT2D eigenvalue weighted by Crippen LogP contribution is 2.20. The van der Waals surface area contributed by atoms with Gasteiger partial charge in [-0.2, -0.15) is 0 Å². The molecule has 1 unspecified atom stereocenters. The quantitative estimate of drug-likeness (QED) is 0.778.